The van der Waals surface area contributed by atoms with E-state index in [-0.39, 0.29) is 0 Å². The number of fused-ring (bicyclic) bond motifs is 2. The van der Waals surface area contributed by atoms with Crippen molar-refractivity contribution in [3.05, 3.63) is 63.3 Å². The zero-order valence-corrected chi connectivity index (χ0v) is 12.9. The predicted octanol–water partition coefficient (Wildman–Crippen LogP) is 1.78. The van der Waals surface area contributed by atoms with Crippen molar-refractivity contribution in [3.8, 4) is 5.75 Å². The average Bonchev–Trinajstić information content (AvgIpc) is 3.15. The third-order valence-electron chi connectivity index (χ3n) is 4.29. The van der Waals surface area contributed by atoms with E-state index >= 15 is 0 Å². The average molecular weight is 307 g/mol. The number of phenolic OH excluding ortho intramolecular Hbond substituents is 1. The highest BCUT2D eigenvalue weighted by Gasteiger charge is 2.20. The number of hydrogen-bond acceptors (Lipinski definition) is 5. The Morgan fingerprint density at radius 2 is 2.00 bits per heavy atom. The largest absolute Gasteiger partial charge is 0.508 e. The molecule has 5 nitrogen and oxygen atoms in total. The van der Waals surface area contributed by atoms with Gasteiger partial charge in [0.1, 0.15) is 19.0 Å². The van der Waals surface area contributed by atoms with Gasteiger partial charge in [0.15, 0.2) is 0 Å². The second-order valence-electron chi connectivity index (χ2n) is 5.89. The smallest absolute Gasteiger partial charge is 0.142 e. The molecule has 0 fully saturated rings. The summed E-state index contributed by atoms with van der Waals surface area (Å²) < 4.78 is 0. The monoisotopic (exact) mass is 307 g/mol. The fourth-order valence-electron chi connectivity index (χ4n) is 3.01. The Labute approximate surface area is 133 Å². The fourth-order valence-corrected chi connectivity index (χ4v) is 3.01. The Bertz CT molecular complexity index is 932. The van der Waals surface area contributed by atoms with Crippen LogP contribution in [0.15, 0.2) is 45.5 Å². The van der Waals surface area contributed by atoms with Crippen LogP contribution in [-0.4, -0.2) is 17.5 Å². The Kier molecular flexibility index (Phi) is 3.33. The number of aryl methyl sites for hydroxylation is 2. The van der Waals surface area contributed by atoms with Crippen LogP contribution >= 0.6 is 0 Å². The van der Waals surface area contributed by atoms with E-state index in [1.807, 2.05) is 31.2 Å². The summed E-state index contributed by atoms with van der Waals surface area (Å²) >= 11 is 0. The number of oxime groups is 1. The van der Waals surface area contributed by atoms with Crippen LogP contribution in [0.5, 0.6) is 5.75 Å². The number of benzene rings is 2. The van der Waals surface area contributed by atoms with Gasteiger partial charge in [0.05, 0.1) is 16.4 Å². The van der Waals surface area contributed by atoms with Crippen LogP contribution < -0.4 is 10.7 Å². The molecule has 2 aromatic carbocycles. The van der Waals surface area contributed by atoms with Crippen LogP contribution in [0.2, 0.25) is 0 Å². The summed E-state index contributed by atoms with van der Waals surface area (Å²) in [7, 11) is 0. The minimum absolute atomic E-state index is 0.308. The van der Waals surface area contributed by atoms with Crippen LogP contribution in [0.3, 0.4) is 0 Å². The van der Waals surface area contributed by atoms with Crippen LogP contribution in [0, 0.1) is 6.92 Å². The molecule has 0 saturated carbocycles. The Balaban J connectivity index is 1.51. The van der Waals surface area contributed by atoms with E-state index in [1.54, 1.807) is 6.07 Å². The highest BCUT2D eigenvalue weighted by molar-refractivity contribution is 6.04. The van der Waals surface area contributed by atoms with Crippen molar-refractivity contribution in [1.82, 2.24) is 0 Å². The molecular formula is C18H17N3O2. The molecule has 0 aromatic heterocycles. The zero-order chi connectivity index (χ0) is 15.8. The SMILES string of the molecule is Cc1cc2c(cc1O)/C(=N/OCc1ccc3c(c1)=NCN=3)CC2. The van der Waals surface area contributed by atoms with Crippen molar-refractivity contribution < 1.29 is 9.94 Å². The van der Waals surface area contributed by atoms with Gasteiger partial charge in [0.2, 0.25) is 0 Å². The van der Waals surface area contributed by atoms with Gasteiger partial charge in [-0.15, -0.1) is 0 Å². The van der Waals surface area contributed by atoms with Crippen molar-refractivity contribution in [2.45, 2.75) is 26.4 Å². The van der Waals surface area contributed by atoms with Crippen LogP contribution in [-0.2, 0) is 17.9 Å². The van der Waals surface area contributed by atoms with E-state index in [0.717, 1.165) is 46.0 Å². The van der Waals surface area contributed by atoms with Crippen molar-refractivity contribution in [2.24, 2.45) is 15.1 Å². The van der Waals surface area contributed by atoms with Gasteiger partial charge in [-0.2, -0.15) is 0 Å². The lowest BCUT2D eigenvalue weighted by atomic mass is 10.1. The highest BCUT2D eigenvalue weighted by atomic mass is 16.6. The second kappa shape index (κ2) is 5.50. The Morgan fingerprint density at radius 3 is 2.91 bits per heavy atom. The molecule has 23 heavy (non-hydrogen) atoms. The molecule has 1 aliphatic heterocycles. The summed E-state index contributed by atoms with van der Waals surface area (Å²) in [5.41, 5.74) is 5.05. The first-order chi connectivity index (χ1) is 11.2. The van der Waals surface area contributed by atoms with Crippen molar-refractivity contribution in [3.63, 3.8) is 0 Å². The quantitative estimate of drug-likeness (QED) is 0.878. The first-order valence-corrected chi connectivity index (χ1v) is 7.70. The molecule has 116 valence electrons. The minimum Gasteiger partial charge on any atom is -0.508 e. The minimum atomic E-state index is 0.308. The second-order valence-corrected chi connectivity index (χ2v) is 5.89. The van der Waals surface area contributed by atoms with Gasteiger partial charge >= 0.3 is 0 Å². The molecule has 2 aliphatic rings. The molecule has 0 saturated heterocycles. The van der Waals surface area contributed by atoms with Crippen molar-refractivity contribution in [2.75, 3.05) is 6.67 Å². The van der Waals surface area contributed by atoms with Crippen molar-refractivity contribution in [1.29, 1.82) is 0 Å². The van der Waals surface area contributed by atoms with Gasteiger partial charge in [0, 0.05) is 5.56 Å². The molecule has 0 amide bonds. The molecule has 2 aromatic rings. The van der Waals surface area contributed by atoms with Crippen molar-refractivity contribution >= 4 is 5.71 Å². The zero-order valence-electron chi connectivity index (χ0n) is 12.9. The van der Waals surface area contributed by atoms with Crippen LogP contribution in [0.4, 0.5) is 0 Å². The maximum Gasteiger partial charge on any atom is 0.142 e. The highest BCUT2D eigenvalue weighted by Crippen LogP contribution is 2.29. The third-order valence-corrected chi connectivity index (χ3v) is 4.29. The molecule has 1 N–H and O–H groups in total. The first-order valence-electron chi connectivity index (χ1n) is 7.70. The summed E-state index contributed by atoms with van der Waals surface area (Å²) in [5, 5.41) is 16.0. The van der Waals surface area contributed by atoms with Gasteiger partial charge in [-0.25, -0.2) is 0 Å². The third kappa shape index (κ3) is 2.59. The molecule has 5 heteroatoms. The van der Waals surface area contributed by atoms with E-state index < -0.39 is 0 Å². The normalized spacial score (nSPS) is 16.7. The molecule has 4 rings (SSSR count). The van der Waals surface area contributed by atoms with E-state index in [0.29, 0.717) is 19.0 Å². The van der Waals surface area contributed by atoms with Gasteiger partial charge in [0.25, 0.3) is 0 Å². The predicted molar refractivity (Wildman–Crippen MR) is 86.1 cm³/mol. The molecule has 0 spiro atoms. The van der Waals surface area contributed by atoms with Crippen LogP contribution in [0.1, 0.15) is 28.7 Å². The maximum absolute atomic E-state index is 9.88. The standard InChI is InChI=1S/C18H17N3O2/c1-11-6-13-3-5-15(14(13)8-18(11)22)21-23-9-12-2-4-16-17(7-12)20-10-19-16/h2,4,6-8,22H,3,5,9-10H2,1H3/b21-15+. The molecule has 0 unspecified atom stereocenters. The van der Waals surface area contributed by atoms with E-state index in [1.165, 1.54) is 5.56 Å². The van der Waals surface area contributed by atoms with E-state index in [4.69, 9.17) is 4.84 Å². The number of aromatic hydroxyl groups is 1. The molecule has 0 atom stereocenters. The van der Waals surface area contributed by atoms with Gasteiger partial charge in [-0.1, -0.05) is 17.3 Å². The topological polar surface area (TPSA) is 66.5 Å². The fraction of sp³-hybridized carbons (Fsp3) is 0.278. The lowest BCUT2D eigenvalue weighted by Crippen LogP contribution is -2.21. The molecular weight excluding hydrogens is 290 g/mol. The van der Waals surface area contributed by atoms with E-state index in [9.17, 15) is 5.11 Å². The van der Waals surface area contributed by atoms with Gasteiger partial charge in [-0.3, -0.25) is 9.98 Å². The summed E-state index contributed by atoms with van der Waals surface area (Å²) in [6.07, 6.45) is 1.79. The number of rotatable bonds is 3. The molecule has 1 heterocycles. The van der Waals surface area contributed by atoms with E-state index in [2.05, 4.69) is 15.1 Å². The number of hydrogen-bond donors (Lipinski definition) is 1. The summed E-state index contributed by atoms with van der Waals surface area (Å²) in [4.78, 5) is 14.1. The summed E-state index contributed by atoms with van der Waals surface area (Å²) in [6, 6.07) is 9.75. The summed E-state index contributed by atoms with van der Waals surface area (Å²) in [6.45, 7) is 2.83. The summed E-state index contributed by atoms with van der Waals surface area (Å²) in [5.74, 6) is 0.308. The van der Waals surface area contributed by atoms with Gasteiger partial charge in [-0.05, 0) is 54.7 Å². The Morgan fingerprint density at radius 1 is 1.13 bits per heavy atom. The number of nitrogens with zero attached hydrogens (tertiary/aromatic N) is 3. The van der Waals surface area contributed by atoms with Gasteiger partial charge < -0.3 is 9.94 Å². The first kappa shape index (κ1) is 13.9. The lowest BCUT2D eigenvalue weighted by molar-refractivity contribution is 0.130. The molecule has 0 bridgehead atoms. The molecule has 0 radical (unpaired) electrons. The molecule has 1 aliphatic carbocycles. The van der Waals surface area contributed by atoms with Crippen LogP contribution in [0.25, 0.3) is 0 Å². The number of phenols is 1. The lowest BCUT2D eigenvalue weighted by Gasteiger charge is -2.05. The maximum atomic E-state index is 9.88. The Hall–Kier alpha value is -2.69.